The molecule has 0 saturated carbocycles. The van der Waals surface area contributed by atoms with Gasteiger partial charge < -0.3 is 14.7 Å². The quantitative estimate of drug-likeness (QED) is 0.204. The van der Waals surface area contributed by atoms with E-state index in [-0.39, 0.29) is 5.56 Å². The number of carbonyl (C=O) groups excluding carboxylic acids is 2. The van der Waals surface area contributed by atoms with Gasteiger partial charge in [0.15, 0.2) is 0 Å². The van der Waals surface area contributed by atoms with Crippen molar-refractivity contribution in [2.45, 2.75) is 0 Å². The number of esters is 1. The molecule has 0 aliphatic carbocycles. The van der Waals surface area contributed by atoms with Crippen LogP contribution < -0.4 is 0 Å². The Bertz CT molecular complexity index is 1030. The molecule has 4 heterocycles. The van der Waals surface area contributed by atoms with Crippen LogP contribution in [0.5, 0.6) is 0 Å². The van der Waals surface area contributed by atoms with Gasteiger partial charge in [-0.25, -0.2) is 34.9 Å². The Hall–Kier alpha value is -2.08. The molecular weight excluding hydrogens is 442 g/mol. The van der Waals surface area contributed by atoms with Crippen LogP contribution in [0.3, 0.4) is 0 Å². The van der Waals surface area contributed by atoms with Crippen molar-refractivity contribution in [3.63, 3.8) is 0 Å². The number of aromatic nitrogens is 4. The number of fused-ring (bicyclic) bond motifs is 2. The number of hydrogen-bond acceptors (Lipinski definition) is 5. The Morgan fingerprint density at radius 1 is 1.00 bits per heavy atom. The molecule has 0 radical (unpaired) electrons. The molecule has 144 valence electrons. The van der Waals surface area contributed by atoms with Gasteiger partial charge in [-0.05, 0) is 18.2 Å². The zero-order valence-electron chi connectivity index (χ0n) is 14.5. The summed E-state index contributed by atoms with van der Waals surface area (Å²) in [6, 6.07) is 5.68. The van der Waals surface area contributed by atoms with Gasteiger partial charge >= 0.3 is 17.4 Å². The zero-order chi connectivity index (χ0) is 20.5. The molecule has 11 heteroatoms. The predicted molar refractivity (Wildman–Crippen MR) is 112 cm³/mol. The van der Waals surface area contributed by atoms with Gasteiger partial charge in [-0.3, -0.25) is 14.8 Å². The van der Waals surface area contributed by atoms with E-state index in [1.54, 1.807) is 18.5 Å². The standard InChI is InChI=1S/C10H8N2O3.C7H6N2.Al.3ClH/c1-15-10(14)9(13)7-5-12-8-2-3-11-4-6(7)8;1-4-9-7-2-3-8-5-6(1)7;;;;/h2-5,12H,1H3;1-5,9H;;3*1H/q;;+3;;;/p-3. The molecule has 4 rings (SSSR count). The summed E-state index contributed by atoms with van der Waals surface area (Å²) in [6.45, 7) is 0. The third kappa shape index (κ3) is 6.23. The van der Waals surface area contributed by atoms with Crippen molar-refractivity contribution in [3.8, 4) is 0 Å². The number of Topliss-reactive ketones (excluding diaryl/α,β-unsaturated/α-hetero) is 1. The monoisotopic (exact) mass is 454 g/mol. The van der Waals surface area contributed by atoms with Crippen molar-refractivity contribution >= 4 is 75.1 Å². The van der Waals surface area contributed by atoms with Gasteiger partial charge in [-0.1, -0.05) is 0 Å². The van der Waals surface area contributed by atoms with E-state index in [0.717, 1.165) is 16.4 Å². The predicted octanol–water partition coefficient (Wildman–Crippen LogP) is 4.17. The minimum Gasteiger partial charge on any atom is -0.463 e. The third-order valence-corrected chi connectivity index (χ3v) is 3.45. The maximum absolute atomic E-state index is 11.5. The average molecular weight is 456 g/mol. The lowest BCUT2D eigenvalue weighted by molar-refractivity contribution is -0.135. The maximum atomic E-state index is 11.5. The fourth-order valence-electron chi connectivity index (χ4n) is 2.25. The second kappa shape index (κ2) is 11.1. The highest BCUT2D eigenvalue weighted by molar-refractivity contribution is 7.54. The number of halogens is 3. The number of carbonyl (C=O) groups is 2. The van der Waals surface area contributed by atoms with Gasteiger partial charge in [0.2, 0.25) is 0 Å². The molecule has 0 unspecified atom stereocenters. The van der Waals surface area contributed by atoms with Crippen LogP contribution in [0.1, 0.15) is 10.4 Å². The van der Waals surface area contributed by atoms with Crippen molar-refractivity contribution in [3.05, 3.63) is 60.9 Å². The minimum atomic E-state index is -1.72. The normalized spacial score (nSPS) is 9.71. The van der Waals surface area contributed by atoms with E-state index >= 15 is 0 Å². The van der Waals surface area contributed by atoms with E-state index in [9.17, 15) is 9.59 Å². The highest BCUT2D eigenvalue weighted by Gasteiger charge is 2.20. The van der Waals surface area contributed by atoms with Crippen LogP contribution in [0.2, 0.25) is 0 Å². The first-order chi connectivity index (χ1) is 13.4. The van der Waals surface area contributed by atoms with Crippen LogP contribution >= 0.6 is 30.1 Å². The van der Waals surface area contributed by atoms with Crippen LogP contribution in [0, 0.1) is 0 Å². The second-order valence-electron chi connectivity index (χ2n) is 5.13. The highest BCUT2D eigenvalue weighted by Crippen LogP contribution is 2.17. The summed E-state index contributed by atoms with van der Waals surface area (Å²) < 4.78 is 4.36. The van der Waals surface area contributed by atoms with E-state index in [1.165, 1.54) is 19.5 Å². The van der Waals surface area contributed by atoms with Crippen molar-refractivity contribution < 1.29 is 14.3 Å². The molecule has 0 saturated heterocycles. The molecule has 0 aromatic carbocycles. The Morgan fingerprint density at radius 2 is 1.64 bits per heavy atom. The highest BCUT2D eigenvalue weighted by atomic mass is 35.8. The number of nitrogens with zero attached hydrogens (tertiary/aromatic N) is 2. The number of ketones is 1. The lowest BCUT2D eigenvalue weighted by Gasteiger charge is -1.95. The van der Waals surface area contributed by atoms with Crippen molar-refractivity contribution in [2.24, 2.45) is 0 Å². The summed E-state index contributed by atoms with van der Waals surface area (Å²) in [5, 5.41) is 1.78. The summed E-state index contributed by atoms with van der Waals surface area (Å²) in [4.78, 5) is 36.4. The smallest absolute Gasteiger partial charge is 0.463 e. The number of aromatic amines is 2. The molecule has 7 nitrogen and oxygen atoms in total. The van der Waals surface area contributed by atoms with Crippen LogP contribution in [-0.4, -0.2) is 50.2 Å². The van der Waals surface area contributed by atoms with E-state index < -0.39 is 23.1 Å². The molecule has 0 aliphatic rings. The fourth-order valence-corrected chi connectivity index (χ4v) is 2.25. The van der Waals surface area contributed by atoms with E-state index in [1.807, 2.05) is 24.5 Å². The first-order valence-corrected chi connectivity index (χ1v) is 13.0. The summed E-state index contributed by atoms with van der Waals surface area (Å²) >= 11 is -1.72. The maximum Gasteiger partial charge on any atom is 0.643 e. The molecule has 4 aromatic heterocycles. The lowest BCUT2D eigenvalue weighted by Crippen LogP contribution is -2.15. The topological polar surface area (TPSA) is 101 Å². The van der Waals surface area contributed by atoms with Crippen LogP contribution in [0.15, 0.2) is 55.4 Å². The van der Waals surface area contributed by atoms with Crippen LogP contribution in [0.4, 0.5) is 0 Å². The Morgan fingerprint density at radius 3 is 2.29 bits per heavy atom. The summed E-state index contributed by atoms with van der Waals surface area (Å²) in [5.41, 5.74) is 2.19. The number of ether oxygens (including phenoxy) is 1. The summed E-state index contributed by atoms with van der Waals surface area (Å²) in [7, 11) is 16.0. The number of pyridine rings is 2. The van der Waals surface area contributed by atoms with Crippen LogP contribution in [0.25, 0.3) is 21.8 Å². The van der Waals surface area contributed by atoms with Crippen molar-refractivity contribution in [1.29, 1.82) is 0 Å². The lowest BCUT2D eigenvalue weighted by atomic mass is 10.1. The number of nitrogens with one attached hydrogen (secondary N) is 2. The van der Waals surface area contributed by atoms with Gasteiger partial charge in [0.25, 0.3) is 5.78 Å². The molecule has 28 heavy (non-hydrogen) atoms. The summed E-state index contributed by atoms with van der Waals surface area (Å²) in [6.07, 6.45) is 10.1. The van der Waals surface area contributed by atoms with Gasteiger partial charge in [-0.15, -0.1) is 0 Å². The van der Waals surface area contributed by atoms with E-state index in [4.69, 9.17) is 30.1 Å². The first-order valence-electron chi connectivity index (χ1n) is 7.77. The largest absolute Gasteiger partial charge is 0.643 e. The molecule has 4 aromatic rings. The van der Waals surface area contributed by atoms with E-state index in [2.05, 4.69) is 24.7 Å². The molecule has 2 N–H and O–H groups in total. The van der Waals surface area contributed by atoms with Gasteiger partial charge in [0.05, 0.1) is 12.7 Å². The average Bonchev–Trinajstić information content (AvgIpc) is 3.33. The molecule has 0 atom stereocenters. The molecule has 0 spiro atoms. The van der Waals surface area contributed by atoms with Gasteiger partial charge in [0, 0.05) is 59.0 Å². The zero-order valence-corrected chi connectivity index (χ0v) is 17.9. The molecule has 0 bridgehead atoms. The number of hydrogen-bond donors (Lipinski definition) is 2. The van der Waals surface area contributed by atoms with Gasteiger partial charge in [-0.2, -0.15) is 0 Å². The Labute approximate surface area is 177 Å². The Balaban J connectivity index is 0.000000182. The third-order valence-electron chi connectivity index (χ3n) is 3.45. The second-order valence-corrected chi connectivity index (χ2v) is 11.6. The van der Waals surface area contributed by atoms with Crippen molar-refractivity contribution in [1.82, 2.24) is 19.9 Å². The number of rotatable bonds is 2. The molecule has 0 aliphatic heterocycles. The van der Waals surface area contributed by atoms with Crippen molar-refractivity contribution in [2.75, 3.05) is 7.11 Å². The number of methoxy groups -OCH3 is 1. The molecular formula is C17H14AlCl3N4O3. The van der Waals surface area contributed by atoms with Crippen LogP contribution in [-0.2, 0) is 9.53 Å². The number of H-pyrrole nitrogens is 2. The SMILES string of the molecule is COC(=O)C(=O)c1c[nH]c2ccncc12.[Cl][Al]([Cl])[Cl].c1cc2[nH]ccc2cn1. The Kier molecular flexibility index (Phi) is 8.77. The first kappa shape index (κ1) is 22.2. The molecule has 0 fully saturated rings. The van der Waals surface area contributed by atoms with Gasteiger partial charge in [0.1, 0.15) is 0 Å². The fraction of sp³-hybridized carbons (Fsp3) is 0.0588. The summed E-state index contributed by atoms with van der Waals surface area (Å²) in [5.74, 6) is -1.54. The molecule has 0 amide bonds. The minimum absolute atomic E-state index is 0.282. The van der Waals surface area contributed by atoms with E-state index in [0.29, 0.717) is 5.39 Å².